The van der Waals surface area contributed by atoms with Gasteiger partial charge in [-0.3, -0.25) is 9.59 Å². The van der Waals surface area contributed by atoms with E-state index in [2.05, 4.69) is 25.1 Å². The molecular weight excluding hydrogens is 504 g/mol. The van der Waals surface area contributed by atoms with Crippen LogP contribution in [0.15, 0.2) is 45.6 Å². The highest BCUT2D eigenvalue weighted by Gasteiger charge is 2.49. The van der Waals surface area contributed by atoms with Crippen LogP contribution in [-0.4, -0.2) is 60.5 Å². The molecule has 0 bridgehead atoms. The third-order valence-corrected chi connectivity index (χ3v) is 9.49. The van der Waals surface area contributed by atoms with Gasteiger partial charge in [0.15, 0.2) is 17.3 Å². The molecule has 40 heavy (non-hydrogen) atoms. The topological polar surface area (TPSA) is 72.2 Å². The van der Waals surface area contributed by atoms with Crippen molar-refractivity contribution in [2.45, 2.75) is 78.0 Å². The molecule has 4 aliphatic rings. The minimum atomic E-state index is -0.807. The summed E-state index contributed by atoms with van der Waals surface area (Å²) in [6.07, 6.45) is 9.03. The van der Waals surface area contributed by atoms with E-state index in [0.29, 0.717) is 54.8 Å². The molecular formula is C33H40N2O5. The zero-order valence-electron chi connectivity index (χ0n) is 24.6. The minimum Gasteiger partial charge on any atom is -0.464 e. The predicted octanol–water partition coefficient (Wildman–Crippen LogP) is 6.10. The molecule has 1 aromatic carbocycles. The fraction of sp³-hybridized carbons (Fsp3) is 0.515. The van der Waals surface area contributed by atoms with E-state index < -0.39 is 5.79 Å². The van der Waals surface area contributed by atoms with Gasteiger partial charge in [0.1, 0.15) is 5.76 Å². The van der Waals surface area contributed by atoms with Gasteiger partial charge in [0.25, 0.3) is 11.7 Å². The maximum absolute atomic E-state index is 14.1. The normalized spacial score (nSPS) is 26.5. The van der Waals surface area contributed by atoms with E-state index in [4.69, 9.17) is 13.9 Å². The van der Waals surface area contributed by atoms with Gasteiger partial charge in [-0.1, -0.05) is 11.6 Å². The standard InChI is InChI=1S/C33H40N2O5/c1-19-16-20(2)25(26(36)17-19)18-35-14-13-24-28(32(35)37)21(3)30-31(29(24)27-8-7-15-38-27)40-33(4,39-30)22-9-11-23(12-10-22)34(5)6/h7-8,15-16,22-23H,9-14,17-18H2,1-6H3/t22?,23?,33-/m1/s1. The van der Waals surface area contributed by atoms with Crippen molar-refractivity contribution >= 4 is 11.7 Å². The fourth-order valence-corrected chi connectivity index (χ4v) is 7.18. The first-order valence-electron chi connectivity index (χ1n) is 14.5. The summed E-state index contributed by atoms with van der Waals surface area (Å²) in [5.41, 5.74) is 5.95. The number of ketones is 1. The lowest BCUT2D eigenvalue weighted by Gasteiger charge is -2.39. The molecule has 0 N–H and O–H groups in total. The van der Waals surface area contributed by atoms with Crippen LogP contribution >= 0.6 is 0 Å². The number of furan rings is 1. The molecule has 7 heteroatoms. The Kier molecular flexibility index (Phi) is 6.68. The van der Waals surface area contributed by atoms with E-state index in [1.165, 1.54) is 0 Å². The highest BCUT2D eigenvalue weighted by Crippen LogP contribution is 2.55. The van der Waals surface area contributed by atoms with Crippen molar-refractivity contribution in [3.8, 4) is 22.8 Å². The molecule has 0 saturated heterocycles. The number of fused-ring (bicyclic) bond motifs is 2. The van der Waals surface area contributed by atoms with E-state index in [1.807, 2.05) is 44.7 Å². The molecule has 3 heterocycles. The molecule has 0 radical (unpaired) electrons. The SMILES string of the molecule is CC1=CC(C)=C(CN2CCc3c(c(C)c4c(c3-c3ccco3)O[C@](C)(C3CCC(N(C)C)CC3)O4)C2=O)C(=O)C1. The Morgan fingerprint density at radius 2 is 1.75 bits per heavy atom. The quantitative estimate of drug-likeness (QED) is 0.453. The van der Waals surface area contributed by atoms with Crippen molar-refractivity contribution in [2.75, 3.05) is 27.2 Å². The van der Waals surface area contributed by atoms with Gasteiger partial charge in [-0.25, -0.2) is 0 Å². The summed E-state index contributed by atoms with van der Waals surface area (Å²) in [7, 11) is 4.30. The number of benzene rings is 1. The second-order valence-corrected chi connectivity index (χ2v) is 12.4. The largest absolute Gasteiger partial charge is 0.464 e. The average Bonchev–Trinajstić information content (AvgIpc) is 3.56. The Labute approximate surface area is 236 Å². The van der Waals surface area contributed by atoms with Crippen LogP contribution in [0.2, 0.25) is 0 Å². The Morgan fingerprint density at radius 3 is 2.40 bits per heavy atom. The molecule has 1 fully saturated rings. The van der Waals surface area contributed by atoms with E-state index in [0.717, 1.165) is 59.1 Å². The number of nitrogens with zero attached hydrogens (tertiary/aromatic N) is 2. The third kappa shape index (κ3) is 4.39. The van der Waals surface area contributed by atoms with Gasteiger partial charge in [0, 0.05) is 49.5 Å². The molecule has 6 rings (SSSR count). The number of hydrogen-bond donors (Lipinski definition) is 0. The summed E-state index contributed by atoms with van der Waals surface area (Å²) in [5, 5.41) is 0. The Balaban J connectivity index is 1.37. The first-order valence-corrected chi connectivity index (χ1v) is 14.5. The van der Waals surface area contributed by atoms with Crippen LogP contribution in [0.4, 0.5) is 0 Å². The van der Waals surface area contributed by atoms with Crippen LogP contribution in [0.3, 0.4) is 0 Å². The van der Waals surface area contributed by atoms with Crippen molar-refractivity contribution in [3.05, 3.63) is 57.9 Å². The van der Waals surface area contributed by atoms with Crippen molar-refractivity contribution in [3.63, 3.8) is 0 Å². The highest BCUT2D eigenvalue weighted by molar-refractivity contribution is 6.04. The Bertz CT molecular complexity index is 1430. The summed E-state index contributed by atoms with van der Waals surface area (Å²) in [6, 6.07) is 4.36. The minimum absolute atomic E-state index is 0.0718. The average molecular weight is 545 g/mol. The second-order valence-electron chi connectivity index (χ2n) is 12.4. The summed E-state index contributed by atoms with van der Waals surface area (Å²) < 4.78 is 19.4. The predicted molar refractivity (Wildman–Crippen MR) is 154 cm³/mol. The van der Waals surface area contributed by atoms with Crippen molar-refractivity contribution < 1.29 is 23.5 Å². The highest BCUT2D eigenvalue weighted by atomic mass is 16.7. The van der Waals surface area contributed by atoms with E-state index in [-0.39, 0.29) is 17.6 Å². The zero-order chi connectivity index (χ0) is 28.3. The fourth-order valence-electron chi connectivity index (χ4n) is 7.18. The molecule has 1 amide bonds. The molecule has 1 saturated carbocycles. The van der Waals surface area contributed by atoms with Crippen molar-refractivity contribution in [2.24, 2.45) is 5.92 Å². The van der Waals surface area contributed by atoms with Crippen LogP contribution in [-0.2, 0) is 11.2 Å². The summed E-state index contributed by atoms with van der Waals surface area (Å²) in [6.45, 7) is 8.80. The molecule has 2 aliphatic heterocycles. The number of Topliss-reactive ketones (excluding diaryl/α,β-unsaturated/α-hetero) is 1. The van der Waals surface area contributed by atoms with Gasteiger partial charge in [-0.2, -0.15) is 0 Å². The first-order chi connectivity index (χ1) is 19.1. The lowest BCUT2D eigenvalue weighted by atomic mass is 9.81. The molecule has 0 spiro atoms. The molecule has 1 atom stereocenters. The number of allylic oxidation sites excluding steroid dienone is 3. The second kappa shape index (κ2) is 9.95. The first kappa shape index (κ1) is 26.9. The molecule has 7 nitrogen and oxygen atoms in total. The summed E-state index contributed by atoms with van der Waals surface area (Å²) >= 11 is 0. The van der Waals surface area contributed by atoms with Crippen LogP contribution in [0.1, 0.15) is 74.4 Å². The van der Waals surface area contributed by atoms with Crippen LogP contribution in [0.5, 0.6) is 11.5 Å². The molecule has 2 aromatic rings. The maximum atomic E-state index is 14.1. The molecule has 0 unspecified atom stereocenters. The van der Waals surface area contributed by atoms with Gasteiger partial charge < -0.3 is 23.7 Å². The number of rotatable bonds is 5. The Hall–Kier alpha value is -3.32. The summed E-state index contributed by atoms with van der Waals surface area (Å²) in [4.78, 5) is 31.1. The van der Waals surface area contributed by atoms with Gasteiger partial charge in [-0.15, -0.1) is 0 Å². The molecule has 212 valence electrons. The van der Waals surface area contributed by atoms with E-state index in [9.17, 15) is 9.59 Å². The van der Waals surface area contributed by atoms with Crippen LogP contribution < -0.4 is 9.47 Å². The van der Waals surface area contributed by atoms with Gasteiger partial charge in [0.05, 0.1) is 17.4 Å². The van der Waals surface area contributed by atoms with E-state index in [1.54, 1.807) is 6.26 Å². The molecule has 2 aliphatic carbocycles. The Morgan fingerprint density at radius 1 is 1.02 bits per heavy atom. The van der Waals surface area contributed by atoms with Crippen LogP contribution in [0.25, 0.3) is 11.3 Å². The van der Waals surface area contributed by atoms with Gasteiger partial charge in [-0.05, 0) is 90.2 Å². The lowest BCUT2D eigenvalue weighted by Crippen LogP contribution is -2.46. The number of hydrogen-bond acceptors (Lipinski definition) is 6. The monoisotopic (exact) mass is 544 g/mol. The number of carbonyl (C=O) groups is 2. The third-order valence-electron chi connectivity index (χ3n) is 9.49. The smallest absolute Gasteiger partial charge is 0.254 e. The number of ether oxygens (including phenoxy) is 2. The number of amides is 1. The van der Waals surface area contributed by atoms with Gasteiger partial charge >= 0.3 is 0 Å². The number of carbonyl (C=O) groups excluding carboxylic acids is 2. The maximum Gasteiger partial charge on any atom is 0.254 e. The lowest BCUT2D eigenvalue weighted by molar-refractivity contribution is -0.123. The van der Waals surface area contributed by atoms with E-state index >= 15 is 0 Å². The van der Waals surface area contributed by atoms with Crippen molar-refractivity contribution in [1.82, 2.24) is 9.80 Å². The summed E-state index contributed by atoms with van der Waals surface area (Å²) in [5.74, 6) is 1.48. The van der Waals surface area contributed by atoms with Crippen molar-refractivity contribution in [1.29, 1.82) is 0 Å². The zero-order valence-corrected chi connectivity index (χ0v) is 24.6. The van der Waals surface area contributed by atoms with Gasteiger partial charge in [0.2, 0.25) is 0 Å². The van der Waals surface area contributed by atoms with Crippen LogP contribution in [0, 0.1) is 12.8 Å². The molecule has 1 aromatic heterocycles.